The molecule has 1 heterocycles. The van der Waals surface area contributed by atoms with E-state index >= 15 is 0 Å². The summed E-state index contributed by atoms with van der Waals surface area (Å²) in [4.78, 5) is 0. The molecule has 1 aliphatic heterocycles. The zero-order valence-electron chi connectivity index (χ0n) is 19.4. The second-order valence-electron chi connectivity index (χ2n) is 8.20. The van der Waals surface area contributed by atoms with Crippen molar-refractivity contribution in [2.24, 2.45) is 5.14 Å². The smallest absolute Gasteiger partial charge is 0.387 e. The van der Waals surface area contributed by atoms with Crippen molar-refractivity contribution in [3.63, 3.8) is 0 Å². The molecule has 1 unspecified atom stereocenters. The molecule has 36 heavy (non-hydrogen) atoms. The summed E-state index contributed by atoms with van der Waals surface area (Å²) in [6.45, 7) is -1.52. The van der Waals surface area contributed by atoms with E-state index in [9.17, 15) is 25.6 Å². The minimum absolute atomic E-state index is 0.0896. The summed E-state index contributed by atoms with van der Waals surface area (Å²) in [5, 5.41) is 5.23. The molecule has 3 aromatic rings. The minimum Gasteiger partial charge on any atom is -0.480 e. The lowest BCUT2D eigenvalue weighted by atomic mass is 9.88. The van der Waals surface area contributed by atoms with Gasteiger partial charge in [0.25, 0.3) is 0 Å². The molecular weight excluding hydrogens is 514 g/mol. The Labute approximate surface area is 208 Å². The Bertz CT molecular complexity index is 1510. The van der Waals surface area contributed by atoms with Gasteiger partial charge in [-0.15, -0.1) is 0 Å². The van der Waals surface area contributed by atoms with Crippen LogP contribution >= 0.6 is 0 Å². The van der Waals surface area contributed by atoms with E-state index in [0.717, 1.165) is 0 Å². The van der Waals surface area contributed by atoms with E-state index in [4.69, 9.17) is 14.6 Å². The van der Waals surface area contributed by atoms with Crippen LogP contribution in [0.2, 0.25) is 0 Å². The number of benzene rings is 3. The van der Waals surface area contributed by atoms with E-state index in [1.54, 1.807) is 55.5 Å². The fourth-order valence-corrected chi connectivity index (χ4v) is 5.59. The molecule has 12 heteroatoms. The Morgan fingerprint density at radius 3 is 2.44 bits per heavy atom. The van der Waals surface area contributed by atoms with Crippen LogP contribution in [0.3, 0.4) is 0 Å². The van der Waals surface area contributed by atoms with Gasteiger partial charge in [-0.1, -0.05) is 36.4 Å². The molecule has 0 aliphatic carbocycles. The summed E-state index contributed by atoms with van der Waals surface area (Å²) in [6, 6.07) is 16.0. The number of halogens is 2. The van der Waals surface area contributed by atoms with E-state index < -0.39 is 38.5 Å². The van der Waals surface area contributed by atoms with E-state index in [-0.39, 0.29) is 17.3 Å². The molecular formula is C24H24F2N2O6S2. The van der Waals surface area contributed by atoms with Crippen LogP contribution in [0.15, 0.2) is 60.7 Å². The van der Waals surface area contributed by atoms with Gasteiger partial charge in [-0.05, 0) is 47.9 Å². The topological polar surface area (TPSA) is 116 Å². The van der Waals surface area contributed by atoms with Crippen LogP contribution in [-0.4, -0.2) is 36.2 Å². The highest BCUT2D eigenvalue weighted by molar-refractivity contribution is 7.92. The van der Waals surface area contributed by atoms with E-state index in [2.05, 4.69) is 0 Å². The Hall–Kier alpha value is -3.22. The van der Waals surface area contributed by atoms with Crippen molar-refractivity contribution < 1.29 is 35.1 Å². The Morgan fingerprint density at radius 2 is 1.78 bits per heavy atom. The maximum atomic E-state index is 13.1. The van der Waals surface area contributed by atoms with Gasteiger partial charge in [0.1, 0.15) is 17.6 Å². The second-order valence-corrected chi connectivity index (χ2v) is 12.1. The quantitative estimate of drug-likeness (QED) is 0.463. The standard InChI is InChI=1S/C24H24F2N2O6S2/c1-3-36(31,32)28(2)17-7-4-6-16(13-17)23-19-12-15(14-35(27,29)30)10-11-18(19)22-20(33-23)8-5-9-21(22)34-24(25)26/h4-13,23-24H,3,14H2,1-2H3,(H2,27,29,30). The molecule has 0 spiro atoms. The molecule has 0 radical (unpaired) electrons. The van der Waals surface area contributed by atoms with Gasteiger partial charge in [-0.25, -0.2) is 22.0 Å². The number of nitrogens with two attached hydrogens (primary N) is 1. The maximum absolute atomic E-state index is 13.1. The molecule has 8 nitrogen and oxygen atoms in total. The van der Waals surface area contributed by atoms with Crippen LogP contribution in [0.4, 0.5) is 14.5 Å². The fourth-order valence-electron chi connectivity index (χ4n) is 4.12. The van der Waals surface area contributed by atoms with E-state index in [1.165, 1.54) is 23.5 Å². The molecule has 4 rings (SSSR count). The zero-order chi connectivity index (χ0) is 26.3. The van der Waals surface area contributed by atoms with Crippen LogP contribution in [0.25, 0.3) is 11.1 Å². The first-order chi connectivity index (χ1) is 16.9. The number of fused-ring (bicyclic) bond motifs is 3. The van der Waals surface area contributed by atoms with Gasteiger partial charge in [-0.2, -0.15) is 8.78 Å². The largest absolute Gasteiger partial charge is 0.480 e. The lowest BCUT2D eigenvalue weighted by Crippen LogP contribution is -2.28. The first-order valence-corrected chi connectivity index (χ1v) is 14.2. The average Bonchev–Trinajstić information content (AvgIpc) is 2.81. The number of ether oxygens (including phenoxy) is 2. The molecule has 0 amide bonds. The van der Waals surface area contributed by atoms with Crippen molar-refractivity contribution in [3.8, 4) is 22.6 Å². The third-order valence-corrected chi connectivity index (χ3v) is 8.31. The van der Waals surface area contributed by atoms with Crippen LogP contribution in [0, 0.1) is 0 Å². The predicted molar refractivity (Wildman–Crippen MR) is 132 cm³/mol. The van der Waals surface area contributed by atoms with Gasteiger partial charge in [0.15, 0.2) is 0 Å². The monoisotopic (exact) mass is 538 g/mol. The third kappa shape index (κ3) is 5.30. The van der Waals surface area contributed by atoms with Crippen LogP contribution in [0.5, 0.6) is 11.5 Å². The zero-order valence-corrected chi connectivity index (χ0v) is 21.0. The molecule has 0 fully saturated rings. The van der Waals surface area contributed by atoms with Crippen molar-refractivity contribution in [2.45, 2.75) is 25.4 Å². The fraction of sp³-hybridized carbons (Fsp3) is 0.250. The first-order valence-electron chi connectivity index (χ1n) is 10.8. The van der Waals surface area contributed by atoms with Crippen molar-refractivity contribution in [1.82, 2.24) is 0 Å². The number of nitrogens with zero attached hydrogens (tertiary/aromatic N) is 1. The first kappa shape index (κ1) is 25.9. The lowest BCUT2D eigenvalue weighted by molar-refractivity contribution is -0.0496. The molecule has 0 saturated heterocycles. The Balaban J connectivity index is 1.89. The van der Waals surface area contributed by atoms with Crippen LogP contribution < -0.4 is 18.9 Å². The summed E-state index contributed by atoms with van der Waals surface area (Å²) in [5.41, 5.74) is 2.66. The number of anilines is 1. The average molecular weight is 539 g/mol. The van der Waals surface area contributed by atoms with E-state index in [0.29, 0.717) is 33.5 Å². The number of hydrogen-bond acceptors (Lipinski definition) is 6. The molecule has 0 aromatic heterocycles. The number of hydrogen-bond donors (Lipinski definition) is 1. The summed E-state index contributed by atoms with van der Waals surface area (Å²) in [7, 11) is -5.93. The van der Waals surface area contributed by atoms with Gasteiger partial charge in [0.05, 0.1) is 22.8 Å². The SMILES string of the molecule is CCS(=O)(=O)N(C)c1cccc(C2Oc3cccc(OC(F)F)c3-c3ccc(CS(N)(=O)=O)cc32)c1. The van der Waals surface area contributed by atoms with Crippen molar-refractivity contribution in [1.29, 1.82) is 0 Å². The lowest BCUT2D eigenvalue weighted by Gasteiger charge is -2.31. The molecule has 3 aromatic carbocycles. The molecule has 2 N–H and O–H groups in total. The molecule has 1 aliphatic rings. The Morgan fingerprint density at radius 1 is 1.06 bits per heavy atom. The maximum Gasteiger partial charge on any atom is 0.387 e. The van der Waals surface area contributed by atoms with Gasteiger partial charge in [0.2, 0.25) is 20.0 Å². The van der Waals surface area contributed by atoms with Crippen molar-refractivity contribution in [3.05, 3.63) is 77.4 Å². The van der Waals surface area contributed by atoms with Crippen LogP contribution in [-0.2, 0) is 25.8 Å². The Kier molecular flexibility index (Phi) is 6.95. The highest BCUT2D eigenvalue weighted by atomic mass is 32.2. The molecule has 0 saturated carbocycles. The van der Waals surface area contributed by atoms with Crippen molar-refractivity contribution in [2.75, 3.05) is 17.1 Å². The summed E-state index contributed by atoms with van der Waals surface area (Å²) >= 11 is 0. The number of rotatable bonds is 8. The highest BCUT2D eigenvalue weighted by Crippen LogP contribution is 2.49. The van der Waals surface area contributed by atoms with Gasteiger partial charge in [-0.3, -0.25) is 4.31 Å². The summed E-state index contributed by atoms with van der Waals surface area (Å²) in [5.74, 6) is -0.339. The second kappa shape index (κ2) is 9.68. The molecule has 0 bridgehead atoms. The minimum atomic E-state index is -3.85. The summed E-state index contributed by atoms with van der Waals surface area (Å²) < 4.78 is 86.6. The predicted octanol–water partition coefficient (Wildman–Crippen LogP) is 4.01. The summed E-state index contributed by atoms with van der Waals surface area (Å²) in [6.07, 6.45) is -0.799. The molecule has 1 atom stereocenters. The van der Waals surface area contributed by atoms with Gasteiger partial charge < -0.3 is 9.47 Å². The van der Waals surface area contributed by atoms with Gasteiger partial charge >= 0.3 is 6.61 Å². The highest BCUT2D eigenvalue weighted by Gasteiger charge is 2.31. The molecule has 192 valence electrons. The number of primary sulfonamides is 1. The van der Waals surface area contributed by atoms with Crippen molar-refractivity contribution >= 4 is 25.7 Å². The normalized spacial score (nSPS) is 15.1. The third-order valence-electron chi connectivity index (χ3n) is 5.80. The number of sulfonamides is 2. The van der Waals surface area contributed by atoms with Crippen LogP contribution in [0.1, 0.15) is 29.7 Å². The van der Waals surface area contributed by atoms with E-state index in [1.807, 2.05) is 0 Å². The van der Waals surface area contributed by atoms with Gasteiger partial charge in [0, 0.05) is 12.6 Å². The number of alkyl halides is 2.